The zero-order valence-corrected chi connectivity index (χ0v) is 6.42. The molecule has 1 aliphatic carbocycles. The Kier molecular flexibility index (Phi) is 2.94. The SMILES string of the molecule is C=C[C@H]1CCCC[C@@H]1CO. The number of aliphatic hydroxyl groups excluding tert-OH is 1. The van der Waals surface area contributed by atoms with Crippen LogP contribution in [0.2, 0.25) is 0 Å². The Morgan fingerprint density at radius 1 is 1.40 bits per heavy atom. The van der Waals surface area contributed by atoms with Crippen molar-refractivity contribution in [2.45, 2.75) is 25.7 Å². The number of allylic oxidation sites excluding steroid dienone is 1. The van der Waals surface area contributed by atoms with Gasteiger partial charge in [-0.3, -0.25) is 0 Å². The van der Waals surface area contributed by atoms with Crippen LogP contribution in [0, 0.1) is 11.8 Å². The quantitative estimate of drug-likeness (QED) is 0.581. The molecule has 0 aromatic heterocycles. The van der Waals surface area contributed by atoms with Crippen molar-refractivity contribution >= 4 is 0 Å². The van der Waals surface area contributed by atoms with Crippen LogP contribution >= 0.6 is 0 Å². The molecular formula is C9H16O. The lowest BCUT2D eigenvalue weighted by atomic mass is 9.80. The molecule has 58 valence electrons. The largest absolute Gasteiger partial charge is 0.396 e. The summed E-state index contributed by atoms with van der Waals surface area (Å²) in [6.07, 6.45) is 7.02. The maximum absolute atomic E-state index is 8.94. The number of hydrogen-bond donors (Lipinski definition) is 1. The van der Waals surface area contributed by atoms with E-state index in [9.17, 15) is 0 Å². The zero-order chi connectivity index (χ0) is 7.40. The second kappa shape index (κ2) is 3.77. The molecule has 1 rings (SSSR count). The van der Waals surface area contributed by atoms with Gasteiger partial charge in [0.2, 0.25) is 0 Å². The highest BCUT2D eigenvalue weighted by atomic mass is 16.3. The van der Waals surface area contributed by atoms with Crippen molar-refractivity contribution in [1.29, 1.82) is 0 Å². The average Bonchev–Trinajstić information content (AvgIpc) is 2.04. The minimum atomic E-state index is 0.344. The first-order chi connectivity index (χ1) is 4.88. The Hall–Kier alpha value is -0.300. The van der Waals surface area contributed by atoms with Crippen LogP contribution in [0.5, 0.6) is 0 Å². The normalized spacial score (nSPS) is 33.7. The van der Waals surface area contributed by atoms with Crippen LogP contribution in [0.1, 0.15) is 25.7 Å². The summed E-state index contributed by atoms with van der Waals surface area (Å²) in [4.78, 5) is 0. The van der Waals surface area contributed by atoms with Gasteiger partial charge in [-0.1, -0.05) is 18.9 Å². The fraction of sp³-hybridized carbons (Fsp3) is 0.778. The van der Waals surface area contributed by atoms with Crippen molar-refractivity contribution in [3.63, 3.8) is 0 Å². The maximum atomic E-state index is 8.94. The van der Waals surface area contributed by atoms with Crippen molar-refractivity contribution in [1.82, 2.24) is 0 Å². The van der Waals surface area contributed by atoms with Gasteiger partial charge < -0.3 is 5.11 Å². The summed E-state index contributed by atoms with van der Waals surface area (Å²) in [5, 5.41) is 8.94. The van der Waals surface area contributed by atoms with Crippen LogP contribution < -0.4 is 0 Å². The van der Waals surface area contributed by atoms with E-state index in [1.54, 1.807) is 0 Å². The van der Waals surface area contributed by atoms with Crippen molar-refractivity contribution in [2.75, 3.05) is 6.61 Å². The van der Waals surface area contributed by atoms with Crippen LogP contribution in [-0.4, -0.2) is 11.7 Å². The lowest BCUT2D eigenvalue weighted by molar-refractivity contribution is 0.158. The topological polar surface area (TPSA) is 20.2 Å². The molecule has 0 unspecified atom stereocenters. The number of aliphatic hydroxyl groups is 1. The number of hydrogen-bond acceptors (Lipinski definition) is 1. The van der Waals surface area contributed by atoms with E-state index in [0.717, 1.165) is 0 Å². The van der Waals surface area contributed by atoms with Gasteiger partial charge in [0, 0.05) is 6.61 Å². The minimum absolute atomic E-state index is 0.344. The summed E-state index contributed by atoms with van der Waals surface area (Å²) < 4.78 is 0. The van der Waals surface area contributed by atoms with Gasteiger partial charge >= 0.3 is 0 Å². The molecule has 0 aromatic rings. The molecule has 10 heavy (non-hydrogen) atoms. The van der Waals surface area contributed by atoms with Crippen molar-refractivity contribution in [3.8, 4) is 0 Å². The van der Waals surface area contributed by atoms with Gasteiger partial charge in [-0.15, -0.1) is 6.58 Å². The van der Waals surface area contributed by atoms with E-state index in [4.69, 9.17) is 5.11 Å². The third-order valence-electron chi connectivity index (χ3n) is 2.51. The van der Waals surface area contributed by atoms with Gasteiger partial charge in [-0.25, -0.2) is 0 Å². The van der Waals surface area contributed by atoms with Crippen molar-refractivity contribution in [3.05, 3.63) is 12.7 Å². The van der Waals surface area contributed by atoms with Gasteiger partial charge in [0.1, 0.15) is 0 Å². The zero-order valence-electron chi connectivity index (χ0n) is 6.42. The molecule has 1 fully saturated rings. The van der Waals surface area contributed by atoms with Crippen molar-refractivity contribution in [2.24, 2.45) is 11.8 Å². The van der Waals surface area contributed by atoms with E-state index in [2.05, 4.69) is 6.58 Å². The summed E-state index contributed by atoms with van der Waals surface area (Å²) in [5.74, 6) is 1.09. The second-order valence-corrected chi connectivity index (χ2v) is 3.13. The summed E-state index contributed by atoms with van der Waals surface area (Å²) in [6, 6.07) is 0. The predicted molar refractivity (Wildman–Crippen MR) is 42.7 cm³/mol. The average molecular weight is 140 g/mol. The third kappa shape index (κ3) is 1.60. The standard InChI is InChI=1S/C9H16O/c1-2-8-5-3-4-6-9(8)7-10/h2,8-10H,1,3-7H2/t8-,9+/m0/s1. The molecule has 2 atom stereocenters. The van der Waals surface area contributed by atoms with Crippen LogP contribution in [-0.2, 0) is 0 Å². The monoisotopic (exact) mass is 140 g/mol. The van der Waals surface area contributed by atoms with Gasteiger partial charge in [0.25, 0.3) is 0 Å². The molecule has 1 heteroatoms. The van der Waals surface area contributed by atoms with E-state index < -0.39 is 0 Å². The van der Waals surface area contributed by atoms with Gasteiger partial charge in [-0.2, -0.15) is 0 Å². The third-order valence-corrected chi connectivity index (χ3v) is 2.51. The molecule has 0 saturated heterocycles. The fourth-order valence-electron chi connectivity index (χ4n) is 1.77. The first kappa shape index (κ1) is 7.80. The molecular weight excluding hydrogens is 124 g/mol. The van der Waals surface area contributed by atoms with Crippen molar-refractivity contribution < 1.29 is 5.11 Å². The van der Waals surface area contributed by atoms with E-state index in [-0.39, 0.29) is 0 Å². The Morgan fingerprint density at radius 3 is 2.60 bits per heavy atom. The smallest absolute Gasteiger partial charge is 0.0464 e. The molecule has 1 saturated carbocycles. The highest BCUT2D eigenvalue weighted by molar-refractivity contribution is 4.86. The van der Waals surface area contributed by atoms with Gasteiger partial charge in [-0.05, 0) is 24.7 Å². The summed E-state index contributed by atoms with van der Waals surface area (Å²) in [6.45, 7) is 4.12. The first-order valence-corrected chi connectivity index (χ1v) is 4.12. The predicted octanol–water partition coefficient (Wildman–Crippen LogP) is 1.97. The molecule has 0 bridgehead atoms. The highest BCUT2D eigenvalue weighted by Crippen LogP contribution is 2.29. The second-order valence-electron chi connectivity index (χ2n) is 3.13. The van der Waals surface area contributed by atoms with E-state index in [1.165, 1.54) is 25.7 Å². The van der Waals surface area contributed by atoms with Gasteiger partial charge in [0.15, 0.2) is 0 Å². The lowest BCUT2D eigenvalue weighted by Crippen LogP contribution is -2.20. The highest BCUT2D eigenvalue weighted by Gasteiger charge is 2.21. The summed E-state index contributed by atoms with van der Waals surface area (Å²) >= 11 is 0. The van der Waals surface area contributed by atoms with Crippen LogP contribution in [0.15, 0.2) is 12.7 Å². The maximum Gasteiger partial charge on any atom is 0.0464 e. The molecule has 0 aliphatic heterocycles. The lowest BCUT2D eigenvalue weighted by Gasteiger charge is -2.27. The fourth-order valence-corrected chi connectivity index (χ4v) is 1.77. The van der Waals surface area contributed by atoms with Crippen LogP contribution in [0.25, 0.3) is 0 Å². The molecule has 1 aliphatic rings. The first-order valence-electron chi connectivity index (χ1n) is 4.12. The Morgan fingerprint density at radius 2 is 2.10 bits per heavy atom. The Labute approximate surface area is 62.8 Å². The summed E-state index contributed by atoms with van der Waals surface area (Å²) in [5.41, 5.74) is 0. The Bertz CT molecular complexity index is 109. The van der Waals surface area contributed by atoms with E-state index in [0.29, 0.717) is 18.4 Å². The molecule has 1 N–H and O–H groups in total. The molecule has 0 radical (unpaired) electrons. The molecule has 0 aromatic carbocycles. The molecule has 0 heterocycles. The molecule has 0 spiro atoms. The minimum Gasteiger partial charge on any atom is -0.396 e. The number of rotatable bonds is 2. The van der Waals surface area contributed by atoms with Crippen LogP contribution in [0.3, 0.4) is 0 Å². The van der Waals surface area contributed by atoms with Crippen LogP contribution in [0.4, 0.5) is 0 Å². The molecule has 1 nitrogen and oxygen atoms in total. The molecule has 0 amide bonds. The van der Waals surface area contributed by atoms with E-state index in [1.807, 2.05) is 6.08 Å². The Balaban J connectivity index is 2.41. The summed E-state index contributed by atoms with van der Waals surface area (Å²) in [7, 11) is 0. The van der Waals surface area contributed by atoms with Gasteiger partial charge in [0.05, 0.1) is 0 Å². The van der Waals surface area contributed by atoms with E-state index >= 15 is 0 Å².